The first kappa shape index (κ1) is 27.5. The standard InChI is InChI=1S/C36H25N9/c1-20-39-21(2)42-35(41-20)26-11-14-33(31(16-26)36-43-22(3)40-23(4)44-36)45-32-8-6-5-7-29(32)30-13-10-25(17-34(30)45)28-12-9-24(18-37)15-27(28)19-38/h5-17H,1-4H3. The van der Waals surface area contributed by atoms with Crippen LogP contribution in [0.2, 0.25) is 0 Å². The lowest BCUT2D eigenvalue weighted by Crippen LogP contribution is -2.04. The van der Waals surface area contributed by atoms with E-state index in [-0.39, 0.29) is 0 Å². The summed E-state index contributed by atoms with van der Waals surface area (Å²) in [7, 11) is 0. The monoisotopic (exact) mass is 583 g/mol. The molecular formula is C36H25N9. The molecule has 0 aliphatic heterocycles. The molecular weight excluding hydrogens is 558 g/mol. The molecule has 9 nitrogen and oxygen atoms in total. The molecule has 3 aromatic heterocycles. The first-order valence-corrected chi connectivity index (χ1v) is 14.3. The van der Waals surface area contributed by atoms with Crippen LogP contribution in [0, 0.1) is 50.4 Å². The first-order chi connectivity index (χ1) is 21.8. The zero-order valence-corrected chi connectivity index (χ0v) is 25.0. The van der Waals surface area contributed by atoms with Gasteiger partial charge in [-0.3, -0.25) is 0 Å². The summed E-state index contributed by atoms with van der Waals surface area (Å²) in [4.78, 5) is 27.5. The van der Waals surface area contributed by atoms with Crippen molar-refractivity contribution >= 4 is 21.8 Å². The Kier molecular flexibility index (Phi) is 6.57. The molecule has 0 radical (unpaired) electrons. The molecule has 0 bridgehead atoms. The van der Waals surface area contributed by atoms with Crippen LogP contribution in [0.15, 0.2) is 78.9 Å². The van der Waals surface area contributed by atoms with Crippen LogP contribution < -0.4 is 0 Å². The Morgan fingerprint density at radius 1 is 0.533 bits per heavy atom. The van der Waals surface area contributed by atoms with Gasteiger partial charge in [-0.2, -0.15) is 10.5 Å². The highest BCUT2D eigenvalue weighted by molar-refractivity contribution is 6.10. The summed E-state index contributed by atoms with van der Waals surface area (Å²) in [6.45, 7) is 7.43. The largest absolute Gasteiger partial charge is 0.308 e. The van der Waals surface area contributed by atoms with Crippen LogP contribution in [0.25, 0.3) is 61.4 Å². The van der Waals surface area contributed by atoms with E-state index in [0.29, 0.717) is 46.1 Å². The Morgan fingerprint density at radius 3 is 1.87 bits per heavy atom. The number of nitrogens with zero attached hydrogens (tertiary/aromatic N) is 9. The van der Waals surface area contributed by atoms with E-state index in [1.165, 1.54) is 0 Å². The molecule has 45 heavy (non-hydrogen) atoms. The smallest absolute Gasteiger partial charge is 0.165 e. The zero-order chi connectivity index (χ0) is 31.2. The lowest BCUT2D eigenvalue weighted by molar-refractivity contribution is 0.924. The van der Waals surface area contributed by atoms with E-state index in [1.54, 1.807) is 12.1 Å². The molecule has 0 aliphatic carbocycles. The van der Waals surface area contributed by atoms with Crippen LogP contribution in [0.4, 0.5) is 0 Å². The Balaban J connectivity index is 1.55. The average molecular weight is 584 g/mol. The molecule has 0 amide bonds. The summed E-state index contributed by atoms with van der Waals surface area (Å²) >= 11 is 0. The second-order valence-corrected chi connectivity index (χ2v) is 10.8. The minimum absolute atomic E-state index is 0.445. The molecule has 0 aliphatic rings. The molecule has 0 atom stereocenters. The zero-order valence-electron chi connectivity index (χ0n) is 25.0. The quantitative estimate of drug-likeness (QED) is 0.214. The van der Waals surface area contributed by atoms with E-state index in [9.17, 15) is 10.5 Å². The molecule has 7 aromatic rings. The van der Waals surface area contributed by atoms with Crippen molar-refractivity contribution in [3.8, 4) is 51.7 Å². The SMILES string of the molecule is Cc1nc(C)nc(-c2ccc(-n3c4ccccc4c4ccc(-c5ccc(C#N)cc5C#N)cc43)c(-c3nc(C)nc(C)n3)c2)n1. The van der Waals surface area contributed by atoms with Crippen molar-refractivity contribution < 1.29 is 0 Å². The van der Waals surface area contributed by atoms with Crippen LogP contribution >= 0.6 is 0 Å². The molecule has 9 heteroatoms. The van der Waals surface area contributed by atoms with Gasteiger partial charge in [0, 0.05) is 21.9 Å². The van der Waals surface area contributed by atoms with Gasteiger partial charge in [-0.15, -0.1) is 0 Å². The Bertz CT molecular complexity index is 2370. The van der Waals surface area contributed by atoms with Crippen LogP contribution in [0.3, 0.4) is 0 Å². The normalized spacial score (nSPS) is 11.1. The maximum atomic E-state index is 9.92. The Hall–Kier alpha value is -6.32. The number of aromatic nitrogens is 7. The number of aryl methyl sites for hydroxylation is 4. The van der Waals surface area contributed by atoms with Gasteiger partial charge in [-0.1, -0.05) is 36.4 Å². The van der Waals surface area contributed by atoms with Gasteiger partial charge in [0.2, 0.25) is 0 Å². The lowest BCUT2D eigenvalue weighted by atomic mass is 9.97. The van der Waals surface area contributed by atoms with Crippen molar-refractivity contribution in [2.45, 2.75) is 27.7 Å². The molecule has 0 fully saturated rings. The highest BCUT2D eigenvalue weighted by Gasteiger charge is 2.20. The van der Waals surface area contributed by atoms with Crippen LogP contribution in [0.1, 0.15) is 34.4 Å². The summed E-state index contributed by atoms with van der Waals surface area (Å²) in [5, 5.41) is 21.5. The number of nitriles is 2. The number of hydrogen-bond donors (Lipinski definition) is 0. The maximum absolute atomic E-state index is 9.92. The molecule has 3 heterocycles. The second kappa shape index (κ2) is 10.7. The van der Waals surface area contributed by atoms with Gasteiger partial charge in [-0.25, -0.2) is 29.9 Å². The highest BCUT2D eigenvalue weighted by Crippen LogP contribution is 2.39. The third kappa shape index (κ3) is 4.83. The number of fused-ring (bicyclic) bond motifs is 3. The summed E-state index contributed by atoms with van der Waals surface area (Å²) < 4.78 is 2.21. The minimum atomic E-state index is 0.445. The van der Waals surface area contributed by atoms with Crippen LogP contribution in [0.5, 0.6) is 0 Å². The van der Waals surface area contributed by atoms with Crippen molar-refractivity contribution in [3.63, 3.8) is 0 Å². The van der Waals surface area contributed by atoms with Gasteiger partial charge in [0.15, 0.2) is 11.6 Å². The summed E-state index contributed by atoms with van der Waals surface area (Å²) in [5.41, 5.74) is 6.95. The average Bonchev–Trinajstić information content (AvgIpc) is 3.36. The number of benzene rings is 4. The van der Waals surface area contributed by atoms with E-state index in [2.05, 4.69) is 67.0 Å². The van der Waals surface area contributed by atoms with Gasteiger partial charge in [-0.05, 0) is 81.3 Å². The lowest BCUT2D eigenvalue weighted by Gasteiger charge is -2.16. The van der Waals surface area contributed by atoms with Crippen molar-refractivity contribution in [1.29, 1.82) is 10.5 Å². The van der Waals surface area contributed by atoms with Gasteiger partial charge < -0.3 is 4.57 Å². The second-order valence-electron chi connectivity index (χ2n) is 10.8. The summed E-state index contributed by atoms with van der Waals surface area (Å²) in [6.07, 6.45) is 0. The van der Waals surface area contributed by atoms with Gasteiger partial charge in [0.05, 0.1) is 40.0 Å². The number of para-hydroxylation sites is 1. The predicted octanol–water partition coefficient (Wildman–Crippen LogP) is 7.13. The Morgan fingerprint density at radius 2 is 1.18 bits per heavy atom. The first-order valence-electron chi connectivity index (χ1n) is 14.3. The van der Waals surface area contributed by atoms with Crippen molar-refractivity contribution in [2.24, 2.45) is 0 Å². The van der Waals surface area contributed by atoms with Crippen LogP contribution in [-0.2, 0) is 0 Å². The fourth-order valence-electron chi connectivity index (χ4n) is 5.89. The minimum Gasteiger partial charge on any atom is -0.308 e. The van der Waals surface area contributed by atoms with Crippen molar-refractivity contribution in [2.75, 3.05) is 0 Å². The number of rotatable bonds is 4. The van der Waals surface area contributed by atoms with E-state index in [1.807, 2.05) is 64.1 Å². The predicted molar refractivity (Wildman–Crippen MR) is 172 cm³/mol. The highest BCUT2D eigenvalue weighted by atomic mass is 15.0. The maximum Gasteiger partial charge on any atom is 0.165 e. The van der Waals surface area contributed by atoms with Crippen molar-refractivity contribution in [1.82, 2.24) is 34.5 Å². The van der Waals surface area contributed by atoms with Crippen molar-refractivity contribution in [3.05, 3.63) is 113 Å². The third-order valence-corrected chi connectivity index (χ3v) is 7.71. The van der Waals surface area contributed by atoms with E-state index >= 15 is 0 Å². The molecule has 0 saturated carbocycles. The molecule has 4 aromatic carbocycles. The fraction of sp³-hybridized carbons (Fsp3) is 0.111. The van der Waals surface area contributed by atoms with Gasteiger partial charge in [0.1, 0.15) is 23.3 Å². The van der Waals surface area contributed by atoms with Gasteiger partial charge in [0.25, 0.3) is 0 Å². The topological polar surface area (TPSA) is 130 Å². The Labute approximate surface area is 259 Å². The van der Waals surface area contributed by atoms with Gasteiger partial charge >= 0.3 is 0 Å². The van der Waals surface area contributed by atoms with Crippen LogP contribution in [-0.4, -0.2) is 34.5 Å². The fourth-order valence-corrected chi connectivity index (χ4v) is 5.89. The molecule has 7 rings (SSSR count). The number of hydrogen-bond acceptors (Lipinski definition) is 8. The summed E-state index contributed by atoms with van der Waals surface area (Å²) in [6, 6.07) is 30.1. The van der Waals surface area contributed by atoms with E-state index in [0.717, 1.165) is 49.7 Å². The molecule has 0 spiro atoms. The molecule has 0 N–H and O–H groups in total. The summed E-state index contributed by atoms with van der Waals surface area (Å²) in [5.74, 6) is 3.64. The third-order valence-electron chi connectivity index (χ3n) is 7.71. The molecule has 214 valence electrons. The molecule has 0 saturated heterocycles. The van der Waals surface area contributed by atoms with E-state index < -0.39 is 0 Å². The van der Waals surface area contributed by atoms with E-state index in [4.69, 9.17) is 9.97 Å². The molecule has 0 unspecified atom stereocenters.